The number of phenols is 1. The Bertz CT molecular complexity index is 484. The van der Waals surface area contributed by atoms with Gasteiger partial charge in [-0.1, -0.05) is 12.1 Å². The molecule has 108 valence electrons. The largest absolute Gasteiger partial charge is 0.508 e. The highest BCUT2D eigenvalue weighted by molar-refractivity contribution is 5.95. The van der Waals surface area contributed by atoms with E-state index >= 15 is 0 Å². The molecule has 0 spiro atoms. The predicted octanol–water partition coefficient (Wildman–Crippen LogP) is 0.324. The lowest BCUT2D eigenvalue weighted by atomic mass is 10.1. The molecule has 0 aliphatic heterocycles. The Hall–Kier alpha value is -2.57. The molecule has 7 nitrogen and oxygen atoms in total. The number of benzene rings is 1. The molecule has 0 atom stereocenters. The van der Waals surface area contributed by atoms with E-state index in [-0.39, 0.29) is 12.2 Å². The van der Waals surface area contributed by atoms with Gasteiger partial charge in [0.25, 0.3) is 5.91 Å². The van der Waals surface area contributed by atoms with Gasteiger partial charge in [0.15, 0.2) is 6.61 Å². The van der Waals surface area contributed by atoms with Crippen molar-refractivity contribution >= 4 is 17.9 Å². The monoisotopic (exact) mass is 280 g/mol. The van der Waals surface area contributed by atoms with Crippen LogP contribution in [0.4, 0.5) is 4.79 Å². The smallest absolute Gasteiger partial charge is 0.321 e. The van der Waals surface area contributed by atoms with Crippen molar-refractivity contribution in [1.82, 2.24) is 10.6 Å². The normalized spacial score (nSPS) is 9.65. The van der Waals surface area contributed by atoms with E-state index in [1.165, 1.54) is 12.1 Å². The number of nitrogens with one attached hydrogen (secondary N) is 2. The maximum atomic E-state index is 11.4. The fourth-order valence-electron chi connectivity index (χ4n) is 1.35. The molecule has 3 N–H and O–H groups in total. The molecule has 0 radical (unpaired) electrons. The minimum atomic E-state index is -0.699. The van der Waals surface area contributed by atoms with E-state index < -0.39 is 24.5 Å². The predicted molar refractivity (Wildman–Crippen MR) is 70.0 cm³/mol. The van der Waals surface area contributed by atoms with Crippen molar-refractivity contribution in [3.8, 4) is 5.75 Å². The first kappa shape index (κ1) is 15.5. The molecule has 0 saturated heterocycles. The molecule has 3 amide bonds. The minimum absolute atomic E-state index is 0.0191. The number of carbonyl (C=O) groups excluding carboxylic acids is 3. The first-order valence-corrected chi connectivity index (χ1v) is 6.02. The SMILES string of the molecule is CCNC(=O)NC(=O)COC(=O)Cc1ccc(O)cc1. The van der Waals surface area contributed by atoms with E-state index in [2.05, 4.69) is 5.32 Å². The van der Waals surface area contributed by atoms with E-state index in [0.29, 0.717) is 12.1 Å². The van der Waals surface area contributed by atoms with Crippen LogP contribution in [0.15, 0.2) is 24.3 Å². The first-order chi connectivity index (χ1) is 9.51. The van der Waals surface area contributed by atoms with Gasteiger partial charge in [-0.3, -0.25) is 14.9 Å². The Kier molecular flexibility index (Phi) is 6.02. The molecule has 1 aromatic carbocycles. The molecule has 0 unspecified atom stereocenters. The van der Waals surface area contributed by atoms with Crippen molar-refractivity contribution in [2.75, 3.05) is 13.2 Å². The van der Waals surface area contributed by atoms with E-state index in [1.807, 2.05) is 5.32 Å². The van der Waals surface area contributed by atoms with Gasteiger partial charge in [-0.2, -0.15) is 0 Å². The van der Waals surface area contributed by atoms with Crippen molar-refractivity contribution in [2.45, 2.75) is 13.3 Å². The highest BCUT2D eigenvalue weighted by atomic mass is 16.5. The summed E-state index contributed by atoms with van der Waals surface area (Å²) in [6.07, 6.45) is -0.0191. The van der Waals surface area contributed by atoms with Gasteiger partial charge in [-0.05, 0) is 24.6 Å². The van der Waals surface area contributed by atoms with Crippen LogP contribution in [0.1, 0.15) is 12.5 Å². The summed E-state index contributed by atoms with van der Waals surface area (Å²) < 4.78 is 4.72. The van der Waals surface area contributed by atoms with Crippen molar-refractivity contribution < 1.29 is 24.2 Å². The van der Waals surface area contributed by atoms with Crippen LogP contribution in [-0.2, 0) is 20.7 Å². The summed E-state index contributed by atoms with van der Waals surface area (Å²) in [4.78, 5) is 33.7. The Labute approximate surface area is 115 Å². The third-order valence-electron chi connectivity index (χ3n) is 2.24. The van der Waals surface area contributed by atoms with Gasteiger partial charge >= 0.3 is 12.0 Å². The highest BCUT2D eigenvalue weighted by Gasteiger charge is 2.10. The number of esters is 1. The number of phenolic OH excluding ortho intramolecular Hbond substituents is 1. The van der Waals surface area contributed by atoms with E-state index in [1.54, 1.807) is 19.1 Å². The molecule has 0 fully saturated rings. The van der Waals surface area contributed by atoms with Gasteiger partial charge in [-0.15, -0.1) is 0 Å². The molecule has 7 heteroatoms. The lowest BCUT2D eigenvalue weighted by Crippen LogP contribution is -2.41. The molecule has 0 bridgehead atoms. The Morgan fingerprint density at radius 3 is 2.45 bits per heavy atom. The lowest BCUT2D eigenvalue weighted by Gasteiger charge is -2.06. The number of amides is 3. The Morgan fingerprint density at radius 1 is 1.20 bits per heavy atom. The van der Waals surface area contributed by atoms with Crippen molar-refractivity contribution in [1.29, 1.82) is 0 Å². The van der Waals surface area contributed by atoms with E-state index in [4.69, 9.17) is 9.84 Å². The zero-order chi connectivity index (χ0) is 15.0. The molecule has 0 aliphatic rings. The maximum absolute atomic E-state index is 11.4. The van der Waals surface area contributed by atoms with Gasteiger partial charge in [0.2, 0.25) is 0 Å². The zero-order valence-electron chi connectivity index (χ0n) is 11.0. The number of carbonyl (C=O) groups is 3. The first-order valence-electron chi connectivity index (χ1n) is 6.02. The fraction of sp³-hybridized carbons (Fsp3) is 0.308. The number of urea groups is 1. The molecule has 0 saturated carbocycles. The average Bonchev–Trinajstić information content (AvgIpc) is 2.39. The van der Waals surface area contributed by atoms with Crippen LogP contribution in [-0.4, -0.2) is 36.2 Å². The van der Waals surface area contributed by atoms with Gasteiger partial charge in [-0.25, -0.2) is 4.79 Å². The summed E-state index contributed by atoms with van der Waals surface area (Å²) in [5, 5.41) is 13.5. The topological polar surface area (TPSA) is 105 Å². The summed E-state index contributed by atoms with van der Waals surface area (Å²) in [7, 11) is 0. The Morgan fingerprint density at radius 2 is 1.85 bits per heavy atom. The third-order valence-corrected chi connectivity index (χ3v) is 2.24. The molecule has 0 aromatic heterocycles. The summed E-state index contributed by atoms with van der Waals surface area (Å²) >= 11 is 0. The second-order valence-electron chi connectivity index (χ2n) is 3.91. The number of hydrogen-bond acceptors (Lipinski definition) is 5. The number of hydrogen-bond donors (Lipinski definition) is 3. The van der Waals surface area contributed by atoms with Crippen LogP contribution < -0.4 is 10.6 Å². The molecule has 1 rings (SSSR count). The minimum Gasteiger partial charge on any atom is -0.508 e. The van der Waals surface area contributed by atoms with Gasteiger partial charge in [0, 0.05) is 6.54 Å². The summed E-state index contributed by atoms with van der Waals surface area (Å²) in [5.41, 5.74) is 0.650. The molecular formula is C13H16N2O5. The van der Waals surface area contributed by atoms with Crippen LogP contribution >= 0.6 is 0 Å². The highest BCUT2D eigenvalue weighted by Crippen LogP contribution is 2.10. The number of aromatic hydroxyl groups is 1. The fourth-order valence-corrected chi connectivity index (χ4v) is 1.35. The number of ether oxygens (including phenoxy) is 1. The lowest BCUT2D eigenvalue weighted by molar-refractivity contribution is -0.147. The summed E-state index contributed by atoms with van der Waals surface area (Å²) in [5.74, 6) is -1.19. The van der Waals surface area contributed by atoms with Crippen LogP contribution in [0.25, 0.3) is 0 Å². The van der Waals surface area contributed by atoms with Crippen LogP contribution in [0.3, 0.4) is 0 Å². The van der Waals surface area contributed by atoms with Gasteiger partial charge in [0.1, 0.15) is 5.75 Å². The Balaban J connectivity index is 2.31. The molecule has 20 heavy (non-hydrogen) atoms. The van der Waals surface area contributed by atoms with Gasteiger partial charge in [0.05, 0.1) is 6.42 Å². The average molecular weight is 280 g/mol. The van der Waals surface area contributed by atoms with Crippen LogP contribution in [0, 0.1) is 0 Å². The quantitative estimate of drug-likeness (QED) is 0.674. The number of rotatable bonds is 5. The van der Waals surface area contributed by atoms with Crippen molar-refractivity contribution in [3.05, 3.63) is 29.8 Å². The summed E-state index contributed by atoms with van der Waals surface area (Å²) in [6.45, 7) is 1.58. The maximum Gasteiger partial charge on any atom is 0.321 e. The van der Waals surface area contributed by atoms with Crippen LogP contribution in [0.2, 0.25) is 0 Å². The van der Waals surface area contributed by atoms with Gasteiger partial charge < -0.3 is 15.2 Å². The molecular weight excluding hydrogens is 264 g/mol. The third kappa shape index (κ3) is 5.85. The molecule has 1 aromatic rings. The molecule has 0 aliphatic carbocycles. The molecule has 0 heterocycles. The summed E-state index contributed by atoms with van der Waals surface area (Å²) in [6, 6.07) is 5.41. The zero-order valence-corrected chi connectivity index (χ0v) is 11.0. The number of imide groups is 1. The van der Waals surface area contributed by atoms with E-state index in [0.717, 1.165) is 0 Å². The van der Waals surface area contributed by atoms with Crippen LogP contribution in [0.5, 0.6) is 5.75 Å². The standard InChI is InChI=1S/C13H16N2O5/c1-2-14-13(19)15-11(17)8-20-12(18)7-9-3-5-10(16)6-4-9/h3-6,16H,2,7-8H2,1H3,(H2,14,15,17,19). The second kappa shape index (κ2) is 7.78. The second-order valence-corrected chi connectivity index (χ2v) is 3.91. The van der Waals surface area contributed by atoms with Crippen molar-refractivity contribution in [2.24, 2.45) is 0 Å². The van der Waals surface area contributed by atoms with E-state index in [9.17, 15) is 14.4 Å². The van der Waals surface area contributed by atoms with Crippen molar-refractivity contribution in [3.63, 3.8) is 0 Å².